The minimum atomic E-state index is -0.864. The fourth-order valence-electron chi connectivity index (χ4n) is 1.59. The SMILES string of the molecule is OC(Cc1ccc(Br)cc1F)c1cc(Cl)sc1Cl. The molecule has 0 radical (unpaired) electrons. The van der Waals surface area contributed by atoms with Crippen LogP contribution >= 0.6 is 50.5 Å². The molecule has 96 valence electrons. The lowest BCUT2D eigenvalue weighted by molar-refractivity contribution is 0.177. The molecule has 0 aliphatic heterocycles. The molecule has 1 aromatic heterocycles. The van der Waals surface area contributed by atoms with Gasteiger partial charge in [-0.15, -0.1) is 11.3 Å². The minimum absolute atomic E-state index is 0.159. The zero-order valence-electron chi connectivity index (χ0n) is 8.96. The maximum atomic E-state index is 13.6. The average Bonchev–Trinajstić information content (AvgIpc) is 2.62. The van der Waals surface area contributed by atoms with Gasteiger partial charge in [-0.3, -0.25) is 0 Å². The van der Waals surface area contributed by atoms with Gasteiger partial charge in [0.2, 0.25) is 0 Å². The molecule has 2 rings (SSSR count). The lowest BCUT2D eigenvalue weighted by atomic mass is 10.0. The molecule has 0 saturated heterocycles. The number of hydrogen-bond donors (Lipinski definition) is 1. The molecule has 1 unspecified atom stereocenters. The van der Waals surface area contributed by atoms with Gasteiger partial charge in [-0.25, -0.2) is 4.39 Å². The van der Waals surface area contributed by atoms with Crippen molar-refractivity contribution in [3.05, 3.63) is 54.4 Å². The summed E-state index contributed by atoms with van der Waals surface area (Å²) in [5.41, 5.74) is 0.970. The molecule has 1 N–H and O–H groups in total. The first-order chi connectivity index (χ1) is 8.47. The van der Waals surface area contributed by atoms with Gasteiger partial charge in [-0.2, -0.15) is 0 Å². The molecule has 6 heteroatoms. The number of halogens is 4. The van der Waals surface area contributed by atoms with Crippen molar-refractivity contribution in [3.63, 3.8) is 0 Å². The normalized spacial score (nSPS) is 12.7. The van der Waals surface area contributed by atoms with E-state index in [1.807, 2.05) is 0 Å². The second kappa shape index (κ2) is 5.88. The zero-order chi connectivity index (χ0) is 13.3. The summed E-state index contributed by atoms with van der Waals surface area (Å²) >= 11 is 16.1. The zero-order valence-corrected chi connectivity index (χ0v) is 12.9. The predicted molar refractivity (Wildman–Crippen MR) is 77.1 cm³/mol. The average molecular weight is 370 g/mol. The van der Waals surface area contributed by atoms with Crippen LogP contribution in [0.5, 0.6) is 0 Å². The second-order valence-corrected chi connectivity index (χ2v) is 6.94. The van der Waals surface area contributed by atoms with Gasteiger partial charge in [0, 0.05) is 16.5 Å². The number of thiophene rings is 1. The van der Waals surface area contributed by atoms with Crippen molar-refractivity contribution in [2.24, 2.45) is 0 Å². The molecule has 0 bridgehead atoms. The molecule has 0 spiro atoms. The topological polar surface area (TPSA) is 20.2 Å². The van der Waals surface area contributed by atoms with E-state index in [4.69, 9.17) is 23.2 Å². The van der Waals surface area contributed by atoms with Crippen LogP contribution in [0.25, 0.3) is 0 Å². The first kappa shape index (κ1) is 14.3. The van der Waals surface area contributed by atoms with Gasteiger partial charge in [0.25, 0.3) is 0 Å². The predicted octanol–water partition coefficient (Wildman–Crippen LogP) is 5.23. The lowest BCUT2D eigenvalue weighted by Gasteiger charge is -2.10. The van der Waals surface area contributed by atoms with Crippen molar-refractivity contribution in [1.82, 2.24) is 0 Å². The third kappa shape index (κ3) is 3.25. The van der Waals surface area contributed by atoms with Crippen LogP contribution in [0, 0.1) is 5.82 Å². The molecule has 0 aliphatic rings. The smallest absolute Gasteiger partial charge is 0.127 e. The van der Waals surface area contributed by atoms with Gasteiger partial charge in [0.05, 0.1) is 10.4 Å². The van der Waals surface area contributed by atoms with Crippen LogP contribution in [0.3, 0.4) is 0 Å². The summed E-state index contributed by atoms with van der Waals surface area (Å²) in [4.78, 5) is 0. The molecule has 18 heavy (non-hydrogen) atoms. The quantitative estimate of drug-likeness (QED) is 0.784. The summed E-state index contributed by atoms with van der Waals surface area (Å²) in [5, 5.41) is 10.0. The highest BCUT2D eigenvalue weighted by atomic mass is 79.9. The van der Waals surface area contributed by atoms with E-state index in [9.17, 15) is 9.50 Å². The summed E-state index contributed by atoms with van der Waals surface area (Å²) in [6.45, 7) is 0. The Morgan fingerprint density at radius 2 is 2.06 bits per heavy atom. The van der Waals surface area contributed by atoms with E-state index in [1.165, 1.54) is 17.4 Å². The number of rotatable bonds is 3. The Kier molecular flexibility index (Phi) is 4.67. The Hall–Kier alpha value is -0.130. The van der Waals surface area contributed by atoms with Crippen molar-refractivity contribution < 1.29 is 9.50 Å². The van der Waals surface area contributed by atoms with Gasteiger partial charge >= 0.3 is 0 Å². The monoisotopic (exact) mass is 368 g/mol. The van der Waals surface area contributed by atoms with E-state index >= 15 is 0 Å². The molecule has 1 heterocycles. The van der Waals surface area contributed by atoms with Gasteiger partial charge in [0.1, 0.15) is 10.2 Å². The summed E-state index contributed by atoms with van der Waals surface area (Å²) in [6.07, 6.45) is -0.705. The molecule has 2 aromatic rings. The second-order valence-electron chi connectivity index (χ2n) is 3.74. The van der Waals surface area contributed by atoms with Crippen LogP contribution in [0.1, 0.15) is 17.2 Å². The van der Waals surface area contributed by atoms with E-state index in [0.29, 0.717) is 24.3 Å². The van der Waals surface area contributed by atoms with Gasteiger partial charge in [0.15, 0.2) is 0 Å². The lowest BCUT2D eigenvalue weighted by Crippen LogP contribution is -2.03. The highest BCUT2D eigenvalue weighted by Gasteiger charge is 2.17. The van der Waals surface area contributed by atoms with E-state index in [0.717, 1.165) is 0 Å². The van der Waals surface area contributed by atoms with Gasteiger partial charge in [-0.05, 0) is 23.8 Å². The number of aliphatic hydroxyl groups excluding tert-OH is 1. The Balaban J connectivity index is 2.21. The van der Waals surface area contributed by atoms with Crippen molar-refractivity contribution in [2.45, 2.75) is 12.5 Å². The highest BCUT2D eigenvalue weighted by molar-refractivity contribution is 9.10. The van der Waals surface area contributed by atoms with Crippen LogP contribution in [-0.2, 0) is 6.42 Å². The molecule has 0 fully saturated rings. The van der Waals surface area contributed by atoms with Crippen LogP contribution in [0.15, 0.2) is 28.7 Å². The Labute approximate surface area is 126 Å². The maximum Gasteiger partial charge on any atom is 0.127 e. The molecule has 1 aromatic carbocycles. The van der Waals surface area contributed by atoms with Crippen molar-refractivity contribution >= 4 is 50.5 Å². The van der Waals surface area contributed by atoms with Crippen LogP contribution in [-0.4, -0.2) is 5.11 Å². The molecule has 0 amide bonds. The van der Waals surface area contributed by atoms with Crippen LogP contribution in [0.4, 0.5) is 4.39 Å². The van der Waals surface area contributed by atoms with E-state index in [-0.39, 0.29) is 12.2 Å². The molecule has 1 nitrogen and oxygen atoms in total. The summed E-state index contributed by atoms with van der Waals surface area (Å²) in [6, 6.07) is 6.33. The third-order valence-electron chi connectivity index (χ3n) is 2.47. The molecule has 0 saturated carbocycles. The standard InChI is InChI=1S/C12H8BrCl2FOS/c13-7-2-1-6(9(16)4-7)3-10(17)8-5-11(14)18-12(8)15/h1-2,4-5,10,17H,3H2. The van der Waals surface area contributed by atoms with Crippen molar-refractivity contribution in [2.75, 3.05) is 0 Å². The summed E-state index contributed by atoms with van der Waals surface area (Å²) < 4.78 is 15.2. The molecule has 0 aliphatic carbocycles. The van der Waals surface area contributed by atoms with Crippen molar-refractivity contribution in [1.29, 1.82) is 0 Å². The Morgan fingerprint density at radius 3 is 2.61 bits per heavy atom. The van der Waals surface area contributed by atoms with Crippen LogP contribution < -0.4 is 0 Å². The molecular formula is C12H8BrCl2FOS. The summed E-state index contributed by atoms with van der Waals surface area (Å²) in [5.74, 6) is -0.360. The maximum absolute atomic E-state index is 13.6. The van der Waals surface area contributed by atoms with Gasteiger partial charge in [-0.1, -0.05) is 45.2 Å². The largest absolute Gasteiger partial charge is 0.388 e. The van der Waals surface area contributed by atoms with E-state index in [1.54, 1.807) is 18.2 Å². The van der Waals surface area contributed by atoms with E-state index in [2.05, 4.69) is 15.9 Å². The minimum Gasteiger partial charge on any atom is -0.388 e. The molecule has 1 atom stereocenters. The first-order valence-electron chi connectivity index (χ1n) is 5.04. The number of aliphatic hydroxyl groups is 1. The molecular weight excluding hydrogens is 362 g/mol. The first-order valence-corrected chi connectivity index (χ1v) is 7.40. The van der Waals surface area contributed by atoms with E-state index < -0.39 is 6.10 Å². The fraction of sp³-hybridized carbons (Fsp3) is 0.167. The third-order valence-corrected chi connectivity index (χ3v) is 4.48. The van der Waals surface area contributed by atoms with Crippen LogP contribution in [0.2, 0.25) is 8.67 Å². The van der Waals surface area contributed by atoms with Gasteiger partial charge < -0.3 is 5.11 Å². The number of benzene rings is 1. The summed E-state index contributed by atoms with van der Waals surface area (Å²) in [7, 11) is 0. The Bertz CT molecular complexity index is 573. The van der Waals surface area contributed by atoms with Crippen molar-refractivity contribution in [3.8, 4) is 0 Å². The number of hydrogen-bond acceptors (Lipinski definition) is 2. The fourth-order valence-corrected chi connectivity index (χ4v) is 3.49. The Morgan fingerprint density at radius 1 is 1.33 bits per heavy atom. The highest BCUT2D eigenvalue weighted by Crippen LogP contribution is 2.36.